The first-order valence-electron chi connectivity index (χ1n) is 17.2. The van der Waals surface area contributed by atoms with Crippen molar-refractivity contribution in [1.82, 2.24) is 29.7 Å². The maximum Gasteiger partial charge on any atom is 0.418 e. The number of carbonyl (C=O) groups excluding carboxylic acids is 1. The third kappa shape index (κ3) is 7.52. The molecule has 0 saturated carbocycles. The molecule has 3 aliphatic heterocycles. The quantitative estimate of drug-likeness (QED) is 0.179. The van der Waals surface area contributed by atoms with Gasteiger partial charge in [-0.15, -0.1) is 0 Å². The van der Waals surface area contributed by atoms with Gasteiger partial charge in [-0.1, -0.05) is 0 Å². The van der Waals surface area contributed by atoms with Crippen LogP contribution in [0.1, 0.15) is 44.2 Å². The Morgan fingerprint density at radius 2 is 1.85 bits per heavy atom. The lowest BCUT2D eigenvalue weighted by Crippen LogP contribution is -2.54. The van der Waals surface area contributed by atoms with Crippen molar-refractivity contribution in [2.24, 2.45) is 5.92 Å². The van der Waals surface area contributed by atoms with Gasteiger partial charge in [0.15, 0.2) is 5.82 Å². The summed E-state index contributed by atoms with van der Waals surface area (Å²) in [5, 5.41) is 0.0947. The Morgan fingerprint density at radius 3 is 2.52 bits per heavy atom. The van der Waals surface area contributed by atoms with Crippen LogP contribution in [0, 0.1) is 18.7 Å². The third-order valence-corrected chi connectivity index (χ3v) is 11.8. The number of alkyl halides is 4. The molecule has 52 heavy (non-hydrogen) atoms. The molecular weight excluding hydrogens is 714 g/mol. The molecule has 2 atom stereocenters. The second kappa shape index (κ2) is 14.6. The molecule has 6 rings (SSSR count). The van der Waals surface area contributed by atoms with Gasteiger partial charge in [0.1, 0.15) is 47.5 Å². The molecule has 2 N–H and O–H groups in total. The summed E-state index contributed by atoms with van der Waals surface area (Å²) in [6.07, 6.45) is -3.31. The summed E-state index contributed by atoms with van der Waals surface area (Å²) < 4.78 is 103. The molecule has 19 heteroatoms. The molecule has 3 aliphatic rings. The fourth-order valence-electron chi connectivity index (χ4n) is 7.57. The normalized spacial score (nSPS) is 21.1. The smallest absolute Gasteiger partial charge is 0.418 e. The van der Waals surface area contributed by atoms with Gasteiger partial charge in [-0.3, -0.25) is 19.2 Å². The summed E-state index contributed by atoms with van der Waals surface area (Å²) in [6.45, 7) is 6.78. The van der Waals surface area contributed by atoms with E-state index in [1.165, 1.54) is 18.0 Å². The number of carbonyl (C=O) groups is 1. The Kier molecular flexibility index (Phi) is 10.7. The lowest BCUT2D eigenvalue weighted by Gasteiger charge is -2.41. The standard InChI is InChI=1S/C33H42F5N8O5P/c1-5-50-52(48,51-6-2)17-24(47)45-14-20(15-45)13-44(4)30-22-12-40-29(28-25(33(36,37)38)19(3)10-23(39)41-28)26(35)27(22)42-31(43-30)49-18-32-8-7-9-46(32)16-21(34)11-32/h10,12,20-21H,5-9,11,13-18H2,1-4H3,(H2,39,41)/t21-,32+/m1/s1. The van der Waals surface area contributed by atoms with Crippen LogP contribution in [-0.2, 0) is 24.6 Å². The Balaban J connectivity index is 1.31. The summed E-state index contributed by atoms with van der Waals surface area (Å²) >= 11 is 0. The first kappa shape index (κ1) is 38.0. The minimum absolute atomic E-state index is 0.0306. The van der Waals surface area contributed by atoms with Crippen LogP contribution in [0.15, 0.2) is 12.3 Å². The number of anilines is 2. The fraction of sp³-hybridized carbons (Fsp3) is 0.606. The lowest BCUT2D eigenvalue weighted by molar-refractivity contribution is -0.137. The van der Waals surface area contributed by atoms with Crippen molar-refractivity contribution in [3.8, 4) is 17.4 Å². The lowest BCUT2D eigenvalue weighted by atomic mass is 9.95. The van der Waals surface area contributed by atoms with Crippen LogP contribution in [0.4, 0.5) is 33.6 Å². The number of amides is 1. The number of hydrogen-bond donors (Lipinski definition) is 1. The van der Waals surface area contributed by atoms with Gasteiger partial charge in [0.25, 0.3) is 0 Å². The van der Waals surface area contributed by atoms with Crippen LogP contribution in [0.3, 0.4) is 0 Å². The molecule has 13 nitrogen and oxygen atoms in total. The number of fused-ring (bicyclic) bond motifs is 2. The molecule has 0 aromatic carbocycles. The summed E-state index contributed by atoms with van der Waals surface area (Å²) in [6, 6.07) is 0.809. The third-order valence-electron chi connectivity index (χ3n) is 9.80. The Bertz CT molecular complexity index is 1870. The molecule has 0 aliphatic carbocycles. The second-order valence-electron chi connectivity index (χ2n) is 13.6. The van der Waals surface area contributed by atoms with E-state index in [9.17, 15) is 26.9 Å². The summed E-state index contributed by atoms with van der Waals surface area (Å²) in [4.78, 5) is 35.0. The zero-order valence-corrected chi connectivity index (χ0v) is 30.3. The van der Waals surface area contributed by atoms with Crippen molar-refractivity contribution in [2.75, 3.05) is 76.4 Å². The molecule has 3 aromatic rings. The Hall–Kier alpha value is -3.73. The topological polar surface area (TPSA) is 149 Å². The van der Waals surface area contributed by atoms with Crippen molar-refractivity contribution in [2.45, 2.75) is 57.9 Å². The number of nitrogens with zero attached hydrogens (tertiary/aromatic N) is 7. The molecule has 3 aromatic heterocycles. The second-order valence-corrected chi connectivity index (χ2v) is 15.7. The highest BCUT2D eigenvalue weighted by Crippen LogP contribution is 2.48. The largest absolute Gasteiger partial charge is 0.461 e. The number of aryl methyl sites for hydroxylation is 1. The van der Waals surface area contributed by atoms with Gasteiger partial charge in [0.05, 0.1) is 29.7 Å². The van der Waals surface area contributed by atoms with E-state index in [1.807, 2.05) is 4.90 Å². The number of ether oxygens (including phenoxy) is 1. The number of nitrogens with two attached hydrogens (primary N) is 1. The highest BCUT2D eigenvalue weighted by atomic mass is 31.2. The zero-order chi connectivity index (χ0) is 37.6. The highest BCUT2D eigenvalue weighted by molar-refractivity contribution is 7.54. The number of halogens is 5. The van der Waals surface area contributed by atoms with Gasteiger partial charge in [-0.25, -0.2) is 13.8 Å². The van der Waals surface area contributed by atoms with E-state index in [-0.39, 0.29) is 84.9 Å². The minimum atomic E-state index is -4.89. The molecule has 284 valence electrons. The molecule has 0 unspecified atom stereocenters. The number of aromatic nitrogens is 4. The zero-order valence-electron chi connectivity index (χ0n) is 29.4. The van der Waals surface area contributed by atoms with Gasteiger partial charge < -0.3 is 29.3 Å². The number of rotatable bonds is 13. The average molecular weight is 757 g/mol. The van der Waals surface area contributed by atoms with Crippen molar-refractivity contribution < 1.29 is 45.1 Å². The van der Waals surface area contributed by atoms with Crippen molar-refractivity contribution >= 4 is 36.0 Å². The molecule has 1 amide bonds. The van der Waals surface area contributed by atoms with E-state index < -0.39 is 48.3 Å². The monoisotopic (exact) mass is 756 g/mol. The highest BCUT2D eigenvalue weighted by Gasteiger charge is 2.49. The van der Waals surface area contributed by atoms with E-state index in [0.29, 0.717) is 32.6 Å². The predicted octanol–water partition coefficient (Wildman–Crippen LogP) is 5.25. The maximum atomic E-state index is 16.5. The van der Waals surface area contributed by atoms with E-state index in [2.05, 4.69) is 19.9 Å². The van der Waals surface area contributed by atoms with E-state index in [1.54, 1.807) is 25.8 Å². The summed E-state index contributed by atoms with van der Waals surface area (Å²) in [7, 11) is -1.90. The average Bonchev–Trinajstić information content (AvgIpc) is 3.56. The number of nitrogen functional groups attached to an aromatic ring is 1. The SMILES string of the molecule is CCOP(=O)(CC(=O)N1CC(CN(C)c2nc(OC[C@@]34CCCN3C[C@H](F)C4)nc3c(F)c(-c4nc(N)cc(C)c4C(F)(F)F)ncc23)C1)OCC. The molecule has 0 radical (unpaired) electrons. The molecule has 0 bridgehead atoms. The predicted molar refractivity (Wildman–Crippen MR) is 182 cm³/mol. The molecule has 3 fully saturated rings. The maximum absolute atomic E-state index is 16.5. The van der Waals surface area contributed by atoms with Crippen LogP contribution < -0.4 is 15.4 Å². The van der Waals surface area contributed by atoms with Gasteiger partial charge >= 0.3 is 19.8 Å². The first-order chi connectivity index (χ1) is 24.6. The van der Waals surface area contributed by atoms with Gasteiger partial charge in [0.2, 0.25) is 5.91 Å². The van der Waals surface area contributed by atoms with Gasteiger partial charge in [-0.05, 0) is 51.8 Å². The number of pyridine rings is 2. The van der Waals surface area contributed by atoms with Gasteiger partial charge in [0, 0.05) is 51.8 Å². The molecule has 3 saturated heterocycles. The summed E-state index contributed by atoms with van der Waals surface area (Å²) in [5.41, 5.74) is 1.96. The van der Waals surface area contributed by atoms with Crippen molar-refractivity contribution in [3.63, 3.8) is 0 Å². The molecular formula is C33H42F5N8O5P. The van der Waals surface area contributed by atoms with Crippen molar-refractivity contribution in [1.29, 1.82) is 0 Å². The van der Waals surface area contributed by atoms with E-state index >= 15 is 4.39 Å². The van der Waals surface area contributed by atoms with Crippen LogP contribution >= 0.6 is 7.60 Å². The number of hydrogen-bond acceptors (Lipinski definition) is 12. The number of likely N-dealkylation sites (tertiary alicyclic amines) is 1. The molecule has 0 spiro atoms. The minimum Gasteiger partial charge on any atom is -0.461 e. The van der Waals surface area contributed by atoms with Crippen LogP contribution in [0.25, 0.3) is 22.3 Å². The summed E-state index contributed by atoms with van der Waals surface area (Å²) in [5.74, 6) is -1.69. The van der Waals surface area contributed by atoms with E-state index in [0.717, 1.165) is 12.5 Å². The van der Waals surface area contributed by atoms with Crippen LogP contribution in [0.2, 0.25) is 0 Å². The Morgan fingerprint density at radius 1 is 1.13 bits per heavy atom. The van der Waals surface area contributed by atoms with Crippen molar-refractivity contribution in [3.05, 3.63) is 29.2 Å². The van der Waals surface area contributed by atoms with Gasteiger partial charge in [-0.2, -0.15) is 23.1 Å². The first-order valence-corrected chi connectivity index (χ1v) is 18.9. The van der Waals surface area contributed by atoms with Crippen LogP contribution in [-0.4, -0.2) is 113 Å². The molecule has 6 heterocycles. The Labute approximate surface area is 297 Å². The van der Waals surface area contributed by atoms with Crippen LogP contribution in [0.5, 0.6) is 6.01 Å². The fourth-order valence-corrected chi connectivity index (χ4v) is 9.14. The van der Waals surface area contributed by atoms with E-state index in [4.69, 9.17) is 19.5 Å².